The van der Waals surface area contributed by atoms with Crippen LogP contribution in [0.1, 0.15) is 27.2 Å². The number of rotatable bonds is 2. The zero-order valence-electron chi connectivity index (χ0n) is 8.37. The monoisotopic (exact) mass is 184 g/mol. The van der Waals surface area contributed by atoms with Crippen LogP contribution in [0.5, 0.6) is 0 Å². The summed E-state index contributed by atoms with van der Waals surface area (Å²) in [5, 5.41) is 0. The van der Waals surface area contributed by atoms with Crippen molar-refractivity contribution in [1.29, 1.82) is 0 Å². The van der Waals surface area contributed by atoms with Crippen LogP contribution in [0.4, 0.5) is 0 Å². The highest BCUT2D eigenvalue weighted by Gasteiger charge is 2.54. The van der Waals surface area contributed by atoms with Gasteiger partial charge in [0.1, 0.15) is 5.60 Å². The molecule has 1 aliphatic heterocycles. The van der Waals surface area contributed by atoms with Gasteiger partial charge in [0.25, 0.3) is 0 Å². The summed E-state index contributed by atoms with van der Waals surface area (Å²) < 4.78 is 10.4. The second-order valence-electron chi connectivity index (χ2n) is 4.91. The van der Waals surface area contributed by atoms with Crippen LogP contribution in [0.25, 0.3) is 0 Å². The Labute approximate surface area is 78.4 Å². The van der Waals surface area contributed by atoms with E-state index in [-0.39, 0.29) is 17.5 Å². The van der Waals surface area contributed by atoms with Crippen molar-refractivity contribution < 1.29 is 14.3 Å². The van der Waals surface area contributed by atoms with Gasteiger partial charge in [-0.2, -0.15) is 0 Å². The van der Waals surface area contributed by atoms with Crippen molar-refractivity contribution in [3.8, 4) is 0 Å². The van der Waals surface area contributed by atoms with Gasteiger partial charge in [0.05, 0.1) is 18.6 Å². The summed E-state index contributed by atoms with van der Waals surface area (Å²) in [5.41, 5.74) is -0.353. The maximum atomic E-state index is 11.5. The molecule has 2 aliphatic rings. The Morgan fingerprint density at radius 1 is 1.46 bits per heavy atom. The summed E-state index contributed by atoms with van der Waals surface area (Å²) in [5.74, 6) is 0.523. The molecule has 0 N–H and O–H groups in total. The Bertz CT molecular complexity index is 225. The fraction of sp³-hybridized carbons (Fsp3) is 0.900. The third-order valence-electron chi connectivity index (χ3n) is 2.39. The summed E-state index contributed by atoms with van der Waals surface area (Å²) >= 11 is 0. The van der Waals surface area contributed by atoms with Crippen molar-refractivity contribution in [3.05, 3.63) is 0 Å². The first-order valence-electron chi connectivity index (χ1n) is 4.82. The van der Waals surface area contributed by atoms with Gasteiger partial charge in [0.2, 0.25) is 0 Å². The van der Waals surface area contributed by atoms with Crippen molar-refractivity contribution in [2.24, 2.45) is 11.8 Å². The van der Waals surface area contributed by atoms with Gasteiger partial charge < -0.3 is 9.47 Å². The van der Waals surface area contributed by atoms with Gasteiger partial charge in [-0.25, -0.2) is 0 Å². The Balaban J connectivity index is 1.79. The SMILES string of the molecule is CC(C)(C)OC(=O)[C@@H]1C[C@H]1[C@H]1CO1. The first kappa shape index (κ1) is 9.00. The van der Waals surface area contributed by atoms with Crippen molar-refractivity contribution in [2.45, 2.75) is 38.9 Å². The average molecular weight is 184 g/mol. The Morgan fingerprint density at radius 2 is 2.08 bits per heavy atom. The molecule has 1 heterocycles. The topological polar surface area (TPSA) is 38.8 Å². The zero-order valence-corrected chi connectivity index (χ0v) is 8.37. The standard InChI is InChI=1S/C10H16O3/c1-10(2,3)13-9(11)7-4-6(7)8-5-12-8/h6-8H,4-5H2,1-3H3/t6-,7-,8-/m1/s1. The Kier molecular flexibility index (Phi) is 1.88. The molecule has 3 heteroatoms. The molecule has 0 bridgehead atoms. The fourth-order valence-electron chi connectivity index (χ4n) is 1.58. The number of esters is 1. The number of hydrogen-bond donors (Lipinski definition) is 0. The number of carbonyl (C=O) groups excluding carboxylic acids is 1. The van der Waals surface area contributed by atoms with E-state index in [9.17, 15) is 4.79 Å². The molecule has 3 nitrogen and oxygen atoms in total. The van der Waals surface area contributed by atoms with Crippen LogP contribution < -0.4 is 0 Å². The number of carbonyl (C=O) groups is 1. The van der Waals surface area contributed by atoms with E-state index < -0.39 is 0 Å². The number of epoxide rings is 1. The van der Waals surface area contributed by atoms with Crippen LogP contribution in [0.3, 0.4) is 0 Å². The van der Waals surface area contributed by atoms with Crippen LogP contribution in [0, 0.1) is 11.8 Å². The molecular formula is C10H16O3. The highest BCUT2D eigenvalue weighted by Crippen LogP contribution is 2.47. The predicted octanol–water partition coefficient (Wildman–Crippen LogP) is 1.36. The van der Waals surface area contributed by atoms with E-state index in [0.29, 0.717) is 12.0 Å². The van der Waals surface area contributed by atoms with Gasteiger partial charge in [-0.05, 0) is 27.2 Å². The summed E-state index contributed by atoms with van der Waals surface area (Å²) in [6.07, 6.45) is 1.32. The van der Waals surface area contributed by atoms with Crippen LogP contribution in [0.2, 0.25) is 0 Å². The van der Waals surface area contributed by atoms with Gasteiger partial charge in [-0.3, -0.25) is 4.79 Å². The molecule has 0 amide bonds. The molecule has 0 aromatic heterocycles. The molecule has 0 spiro atoms. The van der Waals surface area contributed by atoms with Crippen molar-refractivity contribution in [3.63, 3.8) is 0 Å². The molecule has 0 radical (unpaired) electrons. The van der Waals surface area contributed by atoms with Crippen molar-refractivity contribution in [1.82, 2.24) is 0 Å². The van der Waals surface area contributed by atoms with E-state index in [1.54, 1.807) is 0 Å². The summed E-state index contributed by atoms with van der Waals surface area (Å²) in [7, 11) is 0. The lowest BCUT2D eigenvalue weighted by molar-refractivity contribution is -0.156. The Hall–Kier alpha value is -0.570. The first-order chi connectivity index (χ1) is 5.97. The minimum Gasteiger partial charge on any atom is -0.460 e. The van der Waals surface area contributed by atoms with Gasteiger partial charge in [-0.1, -0.05) is 0 Å². The predicted molar refractivity (Wildman–Crippen MR) is 47.2 cm³/mol. The molecule has 3 atom stereocenters. The lowest BCUT2D eigenvalue weighted by atomic mass is 10.2. The van der Waals surface area contributed by atoms with E-state index in [4.69, 9.17) is 9.47 Å². The Morgan fingerprint density at radius 3 is 2.54 bits per heavy atom. The molecule has 0 aromatic carbocycles. The minimum atomic E-state index is -0.353. The summed E-state index contributed by atoms with van der Waals surface area (Å²) in [4.78, 5) is 11.5. The number of hydrogen-bond acceptors (Lipinski definition) is 3. The smallest absolute Gasteiger partial charge is 0.309 e. The van der Waals surface area contributed by atoms with Crippen molar-refractivity contribution >= 4 is 5.97 Å². The molecule has 1 saturated carbocycles. The second-order valence-corrected chi connectivity index (χ2v) is 4.91. The molecular weight excluding hydrogens is 168 g/mol. The third-order valence-corrected chi connectivity index (χ3v) is 2.39. The molecule has 74 valence electrons. The maximum Gasteiger partial charge on any atom is 0.309 e. The van der Waals surface area contributed by atoms with Crippen LogP contribution in [-0.2, 0) is 14.3 Å². The lowest BCUT2D eigenvalue weighted by Crippen LogP contribution is -2.25. The number of ether oxygens (including phenoxy) is 2. The largest absolute Gasteiger partial charge is 0.460 e. The van der Waals surface area contributed by atoms with Gasteiger partial charge in [0, 0.05) is 5.92 Å². The third kappa shape index (κ3) is 2.21. The molecule has 1 saturated heterocycles. The molecule has 0 unspecified atom stereocenters. The minimum absolute atomic E-state index is 0.0481. The normalized spacial score (nSPS) is 37.0. The second kappa shape index (κ2) is 2.71. The highest BCUT2D eigenvalue weighted by molar-refractivity contribution is 5.76. The van der Waals surface area contributed by atoms with E-state index >= 15 is 0 Å². The zero-order chi connectivity index (χ0) is 9.64. The first-order valence-corrected chi connectivity index (χ1v) is 4.82. The molecule has 1 aliphatic carbocycles. The van der Waals surface area contributed by atoms with E-state index in [2.05, 4.69) is 0 Å². The highest BCUT2D eigenvalue weighted by atomic mass is 16.6. The van der Waals surface area contributed by atoms with Crippen LogP contribution in [0.15, 0.2) is 0 Å². The van der Waals surface area contributed by atoms with Crippen LogP contribution >= 0.6 is 0 Å². The molecule has 0 aromatic rings. The molecule has 13 heavy (non-hydrogen) atoms. The van der Waals surface area contributed by atoms with Crippen molar-refractivity contribution in [2.75, 3.05) is 6.61 Å². The average Bonchev–Trinajstić information content (AvgIpc) is 2.79. The summed E-state index contributed by atoms with van der Waals surface area (Å²) in [6.45, 7) is 6.53. The molecule has 2 rings (SSSR count). The van der Waals surface area contributed by atoms with E-state index in [1.807, 2.05) is 20.8 Å². The summed E-state index contributed by atoms with van der Waals surface area (Å²) in [6, 6.07) is 0. The van der Waals surface area contributed by atoms with Gasteiger partial charge in [0.15, 0.2) is 0 Å². The maximum absolute atomic E-state index is 11.5. The molecule has 2 fully saturated rings. The quantitative estimate of drug-likeness (QED) is 0.480. The van der Waals surface area contributed by atoms with Gasteiger partial charge in [-0.15, -0.1) is 0 Å². The van der Waals surface area contributed by atoms with Gasteiger partial charge >= 0.3 is 5.97 Å². The van der Waals surface area contributed by atoms with E-state index in [1.165, 1.54) is 0 Å². The van der Waals surface area contributed by atoms with Crippen LogP contribution in [-0.4, -0.2) is 24.3 Å². The van der Waals surface area contributed by atoms with E-state index in [0.717, 1.165) is 13.0 Å². The fourth-order valence-corrected chi connectivity index (χ4v) is 1.58. The lowest BCUT2D eigenvalue weighted by Gasteiger charge is -2.19.